The number of aliphatic carboxylic acids is 1. The van der Waals surface area contributed by atoms with Crippen LogP contribution < -0.4 is 10.1 Å². The summed E-state index contributed by atoms with van der Waals surface area (Å²) < 4.78 is 4.92. The maximum Gasteiger partial charge on any atom is 0.328 e. The van der Waals surface area contributed by atoms with Crippen LogP contribution in [0.3, 0.4) is 0 Å². The van der Waals surface area contributed by atoms with Crippen LogP contribution in [0.5, 0.6) is 5.75 Å². The van der Waals surface area contributed by atoms with Gasteiger partial charge in [0.15, 0.2) is 11.8 Å². The average Bonchev–Trinajstić information content (AvgIpc) is 2.34. The molecule has 19 heavy (non-hydrogen) atoms. The molecular weight excluding hydrogens is 297 g/mol. The highest BCUT2D eigenvalue weighted by atomic mass is 35.5. The first kappa shape index (κ1) is 15.6. The molecule has 6 nitrogen and oxygen atoms in total. The van der Waals surface area contributed by atoms with Gasteiger partial charge in [0, 0.05) is 5.56 Å². The number of methoxy groups -OCH3 is 1. The lowest BCUT2D eigenvalue weighted by atomic mass is 10.2. The molecule has 0 unspecified atom stereocenters. The lowest BCUT2D eigenvalue weighted by molar-refractivity contribution is -0.140. The summed E-state index contributed by atoms with van der Waals surface area (Å²) in [5, 5.41) is 19.9. The molecule has 1 rings (SSSR count). The van der Waals surface area contributed by atoms with Crippen LogP contribution in [0.1, 0.15) is 10.4 Å². The first-order valence-corrected chi connectivity index (χ1v) is 5.83. The molecule has 0 heterocycles. The monoisotopic (exact) mass is 307 g/mol. The summed E-state index contributed by atoms with van der Waals surface area (Å²) in [6.45, 7) is -0.724. The van der Waals surface area contributed by atoms with E-state index >= 15 is 0 Å². The summed E-state index contributed by atoms with van der Waals surface area (Å²) in [6.07, 6.45) is 0. The number of carbonyl (C=O) groups is 2. The smallest absolute Gasteiger partial charge is 0.328 e. The largest absolute Gasteiger partial charge is 0.494 e. The Kier molecular flexibility index (Phi) is 5.41. The minimum absolute atomic E-state index is 0.0653. The number of carboxylic acid groups (broad SMARTS) is 1. The number of aliphatic hydroxyl groups excluding tert-OH is 1. The van der Waals surface area contributed by atoms with Crippen molar-refractivity contribution in [3.63, 3.8) is 0 Å². The second kappa shape index (κ2) is 6.60. The van der Waals surface area contributed by atoms with E-state index in [4.69, 9.17) is 38.2 Å². The zero-order valence-corrected chi connectivity index (χ0v) is 11.3. The summed E-state index contributed by atoms with van der Waals surface area (Å²) in [5.74, 6) is -1.84. The molecule has 0 spiro atoms. The standard InChI is InChI=1S/C11H11Cl2NO5/c1-19-9-6(12)2-5(3-7(9)13)10(16)14-8(4-15)11(17)18/h2-3,8,15H,4H2,1H3,(H,14,16)(H,17,18)/t8-/m1/s1. The second-order valence-corrected chi connectivity index (χ2v) is 4.33. The molecule has 0 aliphatic heterocycles. The number of rotatable bonds is 5. The zero-order chi connectivity index (χ0) is 14.6. The molecule has 3 N–H and O–H groups in total. The fourth-order valence-corrected chi connectivity index (χ4v) is 1.95. The topological polar surface area (TPSA) is 95.9 Å². The number of aliphatic hydroxyl groups is 1. The first-order chi connectivity index (χ1) is 8.90. The number of ether oxygens (including phenoxy) is 1. The van der Waals surface area contributed by atoms with Gasteiger partial charge in [0.05, 0.1) is 23.8 Å². The molecule has 0 fully saturated rings. The number of halogens is 2. The molecule has 0 aliphatic rings. The van der Waals surface area contributed by atoms with Crippen molar-refractivity contribution in [1.82, 2.24) is 5.32 Å². The highest BCUT2D eigenvalue weighted by molar-refractivity contribution is 6.37. The van der Waals surface area contributed by atoms with Gasteiger partial charge in [-0.15, -0.1) is 0 Å². The fourth-order valence-electron chi connectivity index (χ4n) is 1.31. The maximum absolute atomic E-state index is 11.8. The van der Waals surface area contributed by atoms with Gasteiger partial charge in [-0.1, -0.05) is 23.2 Å². The number of nitrogens with one attached hydrogen (secondary N) is 1. The van der Waals surface area contributed by atoms with Gasteiger partial charge in [-0.2, -0.15) is 0 Å². The van der Waals surface area contributed by atoms with Crippen LogP contribution in [-0.2, 0) is 4.79 Å². The van der Waals surface area contributed by atoms with Crippen LogP contribution in [0.2, 0.25) is 10.0 Å². The number of hydrogen-bond acceptors (Lipinski definition) is 4. The molecule has 0 aliphatic carbocycles. The number of carbonyl (C=O) groups excluding carboxylic acids is 1. The van der Waals surface area contributed by atoms with E-state index in [0.29, 0.717) is 0 Å². The fraction of sp³-hybridized carbons (Fsp3) is 0.273. The van der Waals surface area contributed by atoms with E-state index in [9.17, 15) is 9.59 Å². The van der Waals surface area contributed by atoms with Gasteiger partial charge >= 0.3 is 5.97 Å². The minimum atomic E-state index is -1.40. The second-order valence-electron chi connectivity index (χ2n) is 3.52. The van der Waals surface area contributed by atoms with Crippen LogP contribution in [0, 0.1) is 0 Å². The maximum atomic E-state index is 11.8. The van der Waals surface area contributed by atoms with Gasteiger partial charge in [-0.25, -0.2) is 4.79 Å². The number of benzene rings is 1. The van der Waals surface area contributed by atoms with Gasteiger partial charge in [-0.3, -0.25) is 4.79 Å². The molecule has 104 valence electrons. The van der Waals surface area contributed by atoms with Crippen molar-refractivity contribution in [3.05, 3.63) is 27.7 Å². The van der Waals surface area contributed by atoms with Crippen molar-refractivity contribution in [3.8, 4) is 5.75 Å². The summed E-state index contributed by atoms with van der Waals surface area (Å²) in [5.41, 5.74) is 0.0653. The predicted molar refractivity (Wildman–Crippen MR) is 69.0 cm³/mol. The number of hydrogen-bond donors (Lipinski definition) is 3. The molecule has 0 aromatic heterocycles. The van der Waals surface area contributed by atoms with Crippen molar-refractivity contribution in [2.45, 2.75) is 6.04 Å². The predicted octanol–water partition coefficient (Wildman–Crippen LogP) is 1.18. The molecule has 0 saturated heterocycles. The first-order valence-electron chi connectivity index (χ1n) is 5.08. The van der Waals surface area contributed by atoms with Crippen molar-refractivity contribution < 1.29 is 24.5 Å². The Morgan fingerprint density at radius 3 is 2.26 bits per heavy atom. The average molecular weight is 308 g/mol. The SMILES string of the molecule is COc1c(Cl)cc(C(=O)N[C@H](CO)C(=O)O)cc1Cl. The van der Waals surface area contributed by atoms with Gasteiger partial charge in [0.1, 0.15) is 0 Å². The Labute approximate surface area is 118 Å². The third-order valence-corrected chi connectivity index (χ3v) is 2.81. The molecule has 1 amide bonds. The Morgan fingerprint density at radius 1 is 1.37 bits per heavy atom. The van der Waals surface area contributed by atoms with E-state index in [1.807, 2.05) is 0 Å². The van der Waals surface area contributed by atoms with E-state index in [2.05, 4.69) is 5.32 Å². The summed E-state index contributed by atoms with van der Waals surface area (Å²) in [6, 6.07) is 1.18. The Bertz CT molecular complexity index is 483. The van der Waals surface area contributed by atoms with Gasteiger partial charge in [0.25, 0.3) is 5.91 Å². The Hall–Kier alpha value is -1.50. The summed E-state index contributed by atoms with van der Waals surface area (Å²) in [7, 11) is 1.37. The van der Waals surface area contributed by atoms with E-state index in [-0.39, 0.29) is 21.4 Å². The van der Waals surface area contributed by atoms with Crippen LogP contribution in [-0.4, -0.2) is 41.8 Å². The van der Waals surface area contributed by atoms with Crippen LogP contribution in [0.15, 0.2) is 12.1 Å². The van der Waals surface area contributed by atoms with E-state index in [0.717, 1.165) is 0 Å². The molecule has 0 saturated carbocycles. The lowest BCUT2D eigenvalue weighted by Crippen LogP contribution is -2.43. The normalized spacial score (nSPS) is 11.8. The Balaban J connectivity index is 2.98. The highest BCUT2D eigenvalue weighted by Crippen LogP contribution is 2.33. The molecule has 1 aromatic rings. The van der Waals surface area contributed by atoms with E-state index in [1.165, 1.54) is 19.2 Å². The number of carboxylic acids is 1. The van der Waals surface area contributed by atoms with Crippen LogP contribution in [0.25, 0.3) is 0 Å². The van der Waals surface area contributed by atoms with Gasteiger partial charge < -0.3 is 20.3 Å². The van der Waals surface area contributed by atoms with Crippen LogP contribution >= 0.6 is 23.2 Å². The lowest BCUT2D eigenvalue weighted by Gasteiger charge is -2.13. The highest BCUT2D eigenvalue weighted by Gasteiger charge is 2.21. The zero-order valence-electron chi connectivity index (χ0n) is 9.81. The third-order valence-electron chi connectivity index (χ3n) is 2.25. The van der Waals surface area contributed by atoms with Crippen molar-refractivity contribution >= 4 is 35.1 Å². The van der Waals surface area contributed by atoms with E-state index in [1.54, 1.807) is 0 Å². The third kappa shape index (κ3) is 3.73. The molecule has 1 aromatic carbocycles. The molecule has 0 radical (unpaired) electrons. The van der Waals surface area contributed by atoms with Crippen LogP contribution in [0.4, 0.5) is 0 Å². The molecule has 8 heteroatoms. The Morgan fingerprint density at radius 2 is 1.89 bits per heavy atom. The summed E-state index contributed by atoms with van der Waals surface area (Å²) in [4.78, 5) is 22.5. The molecular formula is C11H11Cl2NO5. The molecule has 1 atom stereocenters. The minimum Gasteiger partial charge on any atom is -0.494 e. The van der Waals surface area contributed by atoms with Gasteiger partial charge in [-0.05, 0) is 12.1 Å². The van der Waals surface area contributed by atoms with Gasteiger partial charge in [0.2, 0.25) is 0 Å². The summed E-state index contributed by atoms with van der Waals surface area (Å²) >= 11 is 11.7. The molecule has 0 bridgehead atoms. The number of amides is 1. The van der Waals surface area contributed by atoms with Crippen molar-refractivity contribution in [2.75, 3.05) is 13.7 Å². The van der Waals surface area contributed by atoms with E-state index < -0.39 is 24.5 Å². The quantitative estimate of drug-likeness (QED) is 0.759. The van der Waals surface area contributed by atoms with Crippen molar-refractivity contribution in [2.24, 2.45) is 0 Å². The van der Waals surface area contributed by atoms with Crippen molar-refractivity contribution in [1.29, 1.82) is 0 Å².